The molecule has 1 aliphatic heterocycles. The largest absolute Gasteiger partial charge is 0.339 e. The van der Waals surface area contributed by atoms with Crippen LogP contribution < -0.4 is 0 Å². The molecule has 1 aromatic carbocycles. The molecule has 92 valence electrons. The van der Waals surface area contributed by atoms with Gasteiger partial charge in [0.15, 0.2) is 0 Å². The number of nitrogens with zero attached hydrogens (tertiary/aromatic N) is 1. The Balaban J connectivity index is 2.20. The zero-order chi connectivity index (χ0) is 12.5. The first-order valence-corrected chi connectivity index (χ1v) is 7.63. The minimum absolute atomic E-state index is 0.0112. The number of hydrogen-bond acceptors (Lipinski definition) is 3. The zero-order valence-electron chi connectivity index (χ0n) is 9.10. The molecule has 0 atom stereocenters. The predicted molar refractivity (Wildman–Crippen MR) is 64.6 cm³/mol. The fraction of sp³-hybridized carbons (Fsp3) is 0.364. The van der Waals surface area contributed by atoms with E-state index in [9.17, 15) is 13.2 Å². The molecule has 2 rings (SSSR count). The normalized spacial score (nSPS) is 16.2. The summed E-state index contributed by atoms with van der Waals surface area (Å²) < 4.78 is 22.1. The van der Waals surface area contributed by atoms with Crippen molar-refractivity contribution in [2.75, 3.05) is 13.1 Å². The van der Waals surface area contributed by atoms with Crippen molar-refractivity contribution in [3.63, 3.8) is 0 Å². The number of hydrogen-bond donors (Lipinski definition) is 0. The van der Waals surface area contributed by atoms with Crippen LogP contribution in [0.15, 0.2) is 29.2 Å². The highest BCUT2D eigenvalue weighted by molar-refractivity contribution is 8.13. The molecule has 17 heavy (non-hydrogen) atoms. The molecule has 0 radical (unpaired) electrons. The lowest BCUT2D eigenvalue weighted by atomic mass is 10.2. The van der Waals surface area contributed by atoms with Gasteiger partial charge in [0, 0.05) is 29.3 Å². The average Bonchev–Trinajstić information content (AvgIpc) is 2.80. The van der Waals surface area contributed by atoms with Crippen molar-refractivity contribution in [2.24, 2.45) is 0 Å². The maximum absolute atomic E-state index is 12.0. The molecule has 0 unspecified atom stereocenters. The van der Waals surface area contributed by atoms with Gasteiger partial charge < -0.3 is 4.90 Å². The summed E-state index contributed by atoms with van der Waals surface area (Å²) in [6.07, 6.45) is 2.06. The van der Waals surface area contributed by atoms with Crippen molar-refractivity contribution in [1.82, 2.24) is 4.90 Å². The third-order valence-corrected chi connectivity index (χ3v) is 4.15. The summed E-state index contributed by atoms with van der Waals surface area (Å²) in [5.74, 6) is -0.0546. The Labute approximate surface area is 105 Å². The van der Waals surface area contributed by atoms with E-state index < -0.39 is 9.05 Å². The van der Waals surface area contributed by atoms with E-state index in [0.717, 1.165) is 25.9 Å². The van der Waals surface area contributed by atoms with E-state index in [1.807, 2.05) is 0 Å². The van der Waals surface area contributed by atoms with Gasteiger partial charge in [-0.25, -0.2) is 8.42 Å². The number of rotatable bonds is 2. The first-order chi connectivity index (χ1) is 7.98. The van der Waals surface area contributed by atoms with Crippen LogP contribution in [0.1, 0.15) is 23.2 Å². The quantitative estimate of drug-likeness (QED) is 0.773. The molecule has 1 heterocycles. The summed E-state index contributed by atoms with van der Waals surface area (Å²) in [5.41, 5.74) is 0.496. The third kappa shape index (κ3) is 2.79. The average molecular weight is 274 g/mol. The molecular formula is C11H12ClNO3S. The summed E-state index contributed by atoms with van der Waals surface area (Å²) in [7, 11) is 1.48. The van der Waals surface area contributed by atoms with Gasteiger partial charge >= 0.3 is 0 Å². The van der Waals surface area contributed by atoms with Crippen molar-refractivity contribution in [2.45, 2.75) is 17.7 Å². The molecule has 1 amide bonds. The van der Waals surface area contributed by atoms with Crippen LogP contribution in [-0.4, -0.2) is 32.3 Å². The monoisotopic (exact) mass is 273 g/mol. The van der Waals surface area contributed by atoms with Crippen LogP contribution in [0.25, 0.3) is 0 Å². The molecule has 0 aromatic heterocycles. The SMILES string of the molecule is O=C(c1ccc(S(=O)(=O)Cl)cc1)N1CCCC1. The molecule has 0 saturated carbocycles. The van der Waals surface area contributed by atoms with Crippen molar-refractivity contribution in [3.05, 3.63) is 29.8 Å². The Morgan fingerprint density at radius 3 is 2.12 bits per heavy atom. The topological polar surface area (TPSA) is 54.5 Å². The molecule has 0 bridgehead atoms. The van der Waals surface area contributed by atoms with Gasteiger partial charge in [0.2, 0.25) is 0 Å². The molecular weight excluding hydrogens is 262 g/mol. The Hall–Kier alpha value is -1.07. The number of halogens is 1. The Bertz CT molecular complexity index is 518. The van der Waals surface area contributed by atoms with Gasteiger partial charge in [0.25, 0.3) is 15.0 Å². The molecule has 4 nitrogen and oxygen atoms in total. The first-order valence-electron chi connectivity index (χ1n) is 5.32. The van der Waals surface area contributed by atoms with Gasteiger partial charge in [-0.1, -0.05) is 0 Å². The number of benzene rings is 1. The molecule has 1 aliphatic rings. The van der Waals surface area contributed by atoms with E-state index in [0.29, 0.717) is 5.56 Å². The summed E-state index contributed by atoms with van der Waals surface area (Å²) in [6, 6.07) is 5.70. The maximum Gasteiger partial charge on any atom is 0.261 e. The van der Waals surface area contributed by atoms with Crippen molar-refractivity contribution in [3.8, 4) is 0 Å². The van der Waals surface area contributed by atoms with Crippen LogP contribution in [0, 0.1) is 0 Å². The molecule has 1 saturated heterocycles. The summed E-state index contributed by atoms with van der Waals surface area (Å²) in [5, 5.41) is 0. The van der Waals surface area contributed by atoms with E-state index in [1.54, 1.807) is 4.90 Å². The third-order valence-electron chi connectivity index (χ3n) is 2.78. The summed E-state index contributed by atoms with van der Waals surface area (Å²) in [4.78, 5) is 13.7. The Kier molecular flexibility index (Phi) is 3.40. The van der Waals surface area contributed by atoms with E-state index in [2.05, 4.69) is 0 Å². The van der Waals surface area contributed by atoms with Crippen molar-refractivity contribution < 1.29 is 13.2 Å². The van der Waals surface area contributed by atoms with Gasteiger partial charge in [0.05, 0.1) is 4.90 Å². The Morgan fingerprint density at radius 2 is 1.65 bits per heavy atom. The van der Waals surface area contributed by atoms with Crippen LogP contribution in [-0.2, 0) is 9.05 Å². The van der Waals surface area contributed by atoms with Crippen LogP contribution in [0.3, 0.4) is 0 Å². The highest BCUT2D eigenvalue weighted by atomic mass is 35.7. The fourth-order valence-electron chi connectivity index (χ4n) is 1.86. The molecule has 1 fully saturated rings. The molecule has 0 N–H and O–H groups in total. The molecule has 1 aromatic rings. The van der Waals surface area contributed by atoms with E-state index >= 15 is 0 Å². The minimum atomic E-state index is -3.72. The van der Waals surface area contributed by atoms with Gasteiger partial charge in [-0.3, -0.25) is 4.79 Å². The van der Waals surface area contributed by atoms with Gasteiger partial charge in [-0.15, -0.1) is 0 Å². The van der Waals surface area contributed by atoms with Gasteiger partial charge in [-0.05, 0) is 37.1 Å². The smallest absolute Gasteiger partial charge is 0.261 e. The van der Waals surface area contributed by atoms with Crippen LogP contribution in [0.5, 0.6) is 0 Å². The zero-order valence-corrected chi connectivity index (χ0v) is 10.7. The summed E-state index contributed by atoms with van der Waals surface area (Å²) in [6.45, 7) is 1.54. The number of likely N-dealkylation sites (tertiary alicyclic amines) is 1. The fourth-order valence-corrected chi connectivity index (χ4v) is 2.63. The molecule has 0 aliphatic carbocycles. The lowest BCUT2D eigenvalue weighted by molar-refractivity contribution is 0.0792. The van der Waals surface area contributed by atoms with Crippen LogP contribution >= 0.6 is 10.7 Å². The second-order valence-corrected chi connectivity index (χ2v) is 6.53. The minimum Gasteiger partial charge on any atom is -0.339 e. The summed E-state index contributed by atoms with van der Waals surface area (Å²) >= 11 is 0. The second-order valence-electron chi connectivity index (χ2n) is 3.96. The number of amides is 1. The molecule has 0 spiro atoms. The highest BCUT2D eigenvalue weighted by Crippen LogP contribution is 2.17. The second kappa shape index (κ2) is 4.66. The standard InChI is InChI=1S/C11H12ClNO3S/c12-17(15,16)10-5-3-9(4-6-10)11(14)13-7-1-2-8-13/h3-6H,1-2,7-8H2. The van der Waals surface area contributed by atoms with Crippen LogP contribution in [0.2, 0.25) is 0 Å². The first kappa shape index (κ1) is 12.4. The highest BCUT2D eigenvalue weighted by Gasteiger charge is 2.19. The van der Waals surface area contributed by atoms with E-state index in [1.165, 1.54) is 24.3 Å². The maximum atomic E-state index is 12.0. The van der Waals surface area contributed by atoms with Gasteiger partial charge in [0.1, 0.15) is 0 Å². The van der Waals surface area contributed by atoms with Gasteiger partial charge in [-0.2, -0.15) is 0 Å². The van der Waals surface area contributed by atoms with Crippen molar-refractivity contribution in [1.29, 1.82) is 0 Å². The Morgan fingerprint density at radius 1 is 1.12 bits per heavy atom. The lowest BCUT2D eigenvalue weighted by Gasteiger charge is -2.15. The van der Waals surface area contributed by atoms with E-state index in [4.69, 9.17) is 10.7 Å². The van der Waals surface area contributed by atoms with E-state index in [-0.39, 0.29) is 10.8 Å². The van der Waals surface area contributed by atoms with Crippen LogP contribution in [0.4, 0.5) is 0 Å². The lowest BCUT2D eigenvalue weighted by Crippen LogP contribution is -2.27. The predicted octanol–water partition coefficient (Wildman–Crippen LogP) is 1.85. The van der Waals surface area contributed by atoms with Crippen molar-refractivity contribution >= 4 is 25.6 Å². The number of carbonyl (C=O) groups excluding carboxylic acids is 1. The molecule has 6 heteroatoms. The number of carbonyl (C=O) groups is 1.